The topological polar surface area (TPSA) is 75.9 Å². The molecule has 5 heteroatoms. The Labute approximate surface area is 135 Å². The minimum absolute atomic E-state index is 0.481. The first-order valence-electron chi connectivity index (χ1n) is 7.40. The van der Waals surface area contributed by atoms with Gasteiger partial charge in [-0.3, -0.25) is 0 Å². The second-order valence-corrected chi connectivity index (χ2v) is 5.40. The Morgan fingerprint density at radius 1 is 0.783 bits per heavy atom. The van der Waals surface area contributed by atoms with Gasteiger partial charge in [0.2, 0.25) is 0 Å². The summed E-state index contributed by atoms with van der Waals surface area (Å²) in [5.41, 5.74) is 11.0. The maximum atomic E-state index is 6.20. The molecule has 0 atom stereocenters. The molecule has 23 heavy (non-hydrogen) atoms. The molecule has 2 aromatic carbocycles. The van der Waals surface area contributed by atoms with E-state index < -0.39 is 0 Å². The molecule has 0 saturated carbocycles. The van der Waals surface area contributed by atoms with Gasteiger partial charge < -0.3 is 16.4 Å². The van der Waals surface area contributed by atoms with Crippen molar-refractivity contribution < 1.29 is 0 Å². The highest BCUT2D eigenvalue weighted by Gasteiger charge is 2.09. The van der Waals surface area contributed by atoms with Gasteiger partial charge in [0.05, 0.1) is 0 Å². The highest BCUT2D eigenvalue weighted by Crippen LogP contribution is 2.28. The van der Waals surface area contributed by atoms with Crippen LogP contribution in [0.25, 0.3) is 0 Å². The van der Waals surface area contributed by atoms with Crippen molar-refractivity contribution in [3.63, 3.8) is 0 Å². The van der Waals surface area contributed by atoms with E-state index in [1.54, 1.807) is 0 Å². The molecule has 0 spiro atoms. The van der Waals surface area contributed by atoms with E-state index in [9.17, 15) is 0 Å². The van der Waals surface area contributed by atoms with Crippen LogP contribution < -0.4 is 16.4 Å². The third kappa shape index (κ3) is 3.40. The molecule has 0 fully saturated rings. The second kappa shape index (κ2) is 6.36. The van der Waals surface area contributed by atoms with Crippen molar-refractivity contribution in [3.05, 3.63) is 66.0 Å². The Hall–Kier alpha value is -3.08. The summed E-state index contributed by atoms with van der Waals surface area (Å²) in [6.45, 7) is 4.16. The fourth-order valence-corrected chi connectivity index (χ4v) is 2.21. The van der Waals surface area contributed by atoms with Crippen molar-refractivity contribution in [1.29, 1.82) is 0 Å². The van der Waals surface area contributed by atoms with Crippen LogP contribution in [0.15, 0.2) is 54.9 Å². The Bertz CT molecular complexity index is 815. The van der Waals surface area contributed by atoms with Crippen molar-refractivity contribution in [2.75, 3.05) is 16.4 Å². The van der Waals surface area contributed by atoms with Crippen LogP contribution in [0.5, 0.6) is 0 Å². The molecule has 0 radical (unpaired) electrons. The molecule has 0 aliphatic rings. The number of nitrogens with zero attached hydrogens (tertiary/aromatic N) is 2. The van der Waals surface area contributed by atoms with Crippen LogP contribution in [-0.2, 0) is 0 Å². The first-order valence-corrected chi connectivity index (χ1v) is 7.40. The zero-order valence-corrected chi connectivity index (χ0v) is 13.2. The summed E-state index contributed by atoms with van der Waals surface area (Å²) in [5.74, 6) is 1.17. The monoisotopic (exact) mass is 305 g/mol. The second-order valence-electron chi connectivity index (χ2n) is 5.40. The fraction of sp³-hybridized carbons (Fsp3) is 0.111. The van der Waals surface area contributed by atoms with Gasteiger partial charge in [-0.15, -0.1) is 0 Å². The Kier molecular flexibility index (Phi) is 4.10. The number of rotatable bonds is 4. The van der Waals surface area contributed by atoms with E-state index in [2.05, 4.69) is 46.6 Å². The van der Waals surface area contributed by atoms with Gasteiger partial charge >= 0.3 is 0 Å². The van der Waals surface area contributed by atoms with E-state index in [4.69, 9.17) is 5.73 Å². The summed E-state index contributed by atoms with van der Waals surface area (Å²) in [6.07, 6.45) is 1.49. The highest BCUT2D eigenvalue weighted by molar-refractivity contribution is 5.80. The van der Waals surface area contributed by atoms with E-state index in [1.807, 2.05) is 36.4 Å². The Morgan fingerprint density at radius 3 is 2.09 bits per heavy atom. The molecule has 0 aliphatic heterocycles. The smallest absolute Gasteiger partial charge is 0.159 e. The Balaban J connectivity index is 1.86. The largest absolute Gasteiger partial charge is 0.393 e. The number of aryl methyl sites for hydroxylation is 2. The molecule has 3 rings (SSSR count). The lowest BCUT2D eigenvalue weighted by atomic mass is 10.1. The van der Waals surface area contributed by atoms with Crippen molar-refractivity contribution >= 4 is 28.7 Å². The van der Waals surface area contributed by atoms with Crippen LogP contribution in [0.3, 0.4) is 0 Å². The molecule has 1 heterocycles. The molecule has 4 N–H and O–H groups in total. The average molecular weight is 305 g/mol. The van der Waals surface area contributed by atoms with E-state index in [0.717, 1.165) is 11.4 Å². The van der Waals surface area contributed by atoms with E-state index in [0.29, 0.717) is 17.3 Å². The number of nitrogens with two attached hydrogens (primary N) is 1. The van der Waals surface area contributed by atoms with Gasteiger partial charge in [0, 0.05) is 11.4 Å². The highest BCUT2D eigenvalue weighted by atomic mass is 15.1. The number of anilines is 5. The van der Waals surface area contributed by atoms with Crippen LogP contribution in [0.1, 0.15) is 11.1 Å². The van der Waals surface area contributed by atoms with Gasteiger partial charge in [-0.05, 0) is 49.2 Å². The Morgan fingerprint density at radius 2 is 1.43 bits per heavy atom. The number of aromatic nitrogens is 2. The third-order valence-electron chi connectivity index (χ3n) is 3.69. The van der Waals surface area contributed by atoms with Crippen LogP contribution in [0, 0.1) is 13.8 Å². The zero-order chi connectivity index (χ0) is 16.2. The predicted molar refractivity (Wildman–Crippen MR) is 95.4 cm³/mol. The summed E-state index contributed by atoms with van der Waals surface area (Å²) in [6, 6.07) is 15.9. The summed E-state index contributed by atoms with van der Waals surface area (Å²) >= 11 is 0. The summed E-state index contributed by atoms with van der Waals surface area (Å²) < 4.78 is 0. The molecule has 0 unspecified atom stereocenters. The average Bonchev–Trinajstić information content (AvgIpc) is 2.56. The SMILES string of the molecule is Cc1ccc(Nc2ncnc(Nc3ccccc3)c2N)cc1C. The number of hydrogen-bond donors (Lipinski definition) is 3. The maximum absolute atomic E-state index is 6.20. The van der Waals surface area contributed by atoms with Crippen LogP contribution in [0.2, 0.25) is 0 Å². The molecule has 1 aromatic heterocycles. The quantitative estimate of drug-likeness (QED) is 0.674. The van der Waals surface area contributed by atoms with Crippen molar-refractivity contribution in [2.24, 2.45) is 0 Å². The maximum Gasteiger partial charge on any atom is 0.159 e. The molecule has 0 bridgehead atoms. The molecule has 5 nitrogen and oxygen atoms in total. The molecule has 0 amide bonds. The fourth-order valence-electron chi connectivity index (χ4n) is 2.21. The zero-order valence-electron chi connectivity index (χ0n) is 13.2. The minimum atomic E-state index is 0.481. The van der Waals surface area contributed by atoms with Gasteiger partial charge in [0.15, 0.2) is 11.6 Å². The molecule has 116 valence electrons. The molecule has 3 aromatic rings. The lowest BCUT2D eigenvalue weighted by molar-refractivity contribution is 1.17. The normalized spacial score (nSPS) is 10.3. The predicted octanol–water partition coefficient (Wildman–Crippen LogP) is 4.16. The number of nitrogens with one attached hydrogen (secondary N) is 2. The first-order chi connectivity index (χ1) is 11.1. The molecular weight excluding hydrogens is 286 g/mol. The van der Waals surface area contributed by atoms with Crippen LogP contribution >= 0.6 is 0 Å². The number of para-hydroxylation sites is 1. The molecule has 0 aliphatic carbocycles. The van der Waals surface area contributed by atoms with Gasteiger partial charge in [-0.1, -0.05) is 24.3 Å². The third-order valence-corrected chi connectivity index (χ3v) is 3.69. The van der Waals surface area contributed by atoms with Gasteiger partial charge in [-0.25, -0.2) is 9.97 Å². The van der Waals surface area contributed by atoms with Gasteiger partial charge in [-0.2, -0.15) is 0 Å². The van der Waals surface area contributed by atoms with Crippen molar-refractivity contribution in [1.82, 2.24) is 9.97 Å². The number of nitrogen functional groups attached to an aromatic ring is 1. The van der Waals surface area contributed by atoms with Gasteiger partial charge in [0.25, 0.3) is 0 Å². The first kappa shape index (κ1) is 14.8. The van der Waals surface area contributed by atoms with Gasteiger partial charge in [0.1, 0.15) is 12.0 Å². The van der Waals surface area contributed by atoms with Crippen molar-refractivity contribution in [3.8, 4) is 0 Å². The molecule has 0 saturated heterocycles. The summed E-state index contributed by atoms with van der Waals surface area (Å²) in [7, 11) is 0. The van der Waals surface area contributed by atoms with Crippen LogP contribution in [-0.4, -0.2) is 9.97 Å². The number of benzene rings is 2. The summed E-state index contributed by atoms with van der Waals surface area (Å²) in [5, 5.41) is 6.45. The lowest BCUT2D eigenvalue weighted by Gasteiger charge is -2.13. The lowest BCUT2D eigenvalue weighted by Crippen LogP contribution is -2.05. The summed E-state index contributed by atoms with van der Waals surface area (Å²) in [4.78, 5) is 8.46. The minimum Gasteiger partial charge on any atom is -0.393 e. The van der Waals surface area contributed by atoms with E-state index >= 15 is 0 Å². The number of hydrogen-bond acceptors (Lipinski definition) is 5. The van der Waals surface area contributed by atoms with Crippen molar-refractivity contribution in [2.45, 2.75) is 13.8 Å². The van der Waals surface area contributed by atoms with Crippen LogP contribution in [0.4, 0.5) is 28.7 Å². The molecular formula is C18H19N5. The van der Waals surface area contributed by atoms with E-state index in [1.165, 1.54) is 17.5 Å². The van der Waals surface area contributed by atoms with E-state index in [-0.39, 0.29) is 0 Å². The standard InChI is InChI=1S/C18H19N5/c1-12-8-9-15(10-13(12)2)23-18-16(19)17(20-11-21-18)22-14-6-4-3-5-7-14/h3-11H,19H2,1-2H3,(H2,20,21,22,23).